The Morgan fingerprint density at radius 2 is 1.60 bits per heavy atom. The Balaban J connectivity index is 1.55. The molecule has 0 radical (unpaired) electrons. The minimum Gasteiger partial charge on any atom is -0.299 e. The summed E-state index contributed by atoms with van der Waals surface area (Å²) in [5, 5.41) is 0. The Morgan fingerprint density at radius 3 is 2.32 bits per heavy atom. The quantitative estimate of drug-likeness (QED) is 0.673. The van der Waals surface area contributed by atoms with Crippen LogP contribution in [0.5, 0.6) is 0 Å². The van der Waals surface area contributed by atoms with Crippen molar-refractivity contribution in [3.05, 3.63) is 102 Å². The van der Waals surface area contributed by atoms with Crippen LogP contribution in [0.2, 0.25) is 0 Å². The molecule has 0 N–H and O–H groups in total. The molecular weight excluding hydrogens is 304 g/mol. The molecule has 1 aliphatic rings. The minimum absolute atomic E-state index is 0.378. The minimum atomic E-state index is 0.378. The second kappa shape index (κ2) is 7.62. The number of hydrogen-bond donors (Lipinski definition) is 0. The Bertz CT molecular complexity index is 731. The average molecular weight is 328 g/mol. The molecule has 2 atom stereocenters. The van der Waals surface area contributed by atoms with Crippen LogP contribution in [0.25, 0.3) is 0 Å². The van der Waals surface area contributed by atoms with Gasteiger partial charge in [0.2, 0.25) is 0 Å². The zero-order chi connectivity index (χ0) is 16.9. The first-order valence-electron chi connectivity index (χ1n) is 9.12. The van der Waals surface area contributed by atoms with Gasteiger partial charge in [-0.15, -0.1) is 0 Å². The van der Waals surface area contributed by atoms with E-state index in [-0.39, 0.29) is 0 Å². The molecule has 2 heteroatoms. The van der Waals surface area contributed by atoms with E-state index in [1.54, 1.807) is 0 Å². The molecule has 2 aromatic carbocycles. The van der Waals surface area contributed by atoms with Crippen LogP contribution < -0.4 is 0 Å². The molecule has 1 fully saturated rings. The van der Waals surface area contributed by atoms with Gasteiger partial charge in [-0.3, -0.25) is 9.88 Å². The van der Waals surface area contributed by atoms with Crippen molar-refractivity contribution in [2.45, 2.75) is 18.9 Å². The molecule has 2 heterocycles. The molecular formula is C23H24N2. The van der Waals surface area contributed by atoms with Gasteiger partial charge in [-0.2, -0.15) is 0 Å². The van der Waals surface area contributed by atoms with Crippen molar-refractivity contribution in [1.29, 1.82) is 0 Å². The van der Waals surface area contributed by atoms with E-state index in [9.17, 15) is 0 Å². The maximum Gasteiger partial charge on any atom is 0.0481 e. The molecule has 1 saturated heterocycles. The van der Waals surface area contributed by atoms with Gasteiger partial charge in [0.25, 0.3) is 0 Å². The topological polar surface area (TPSA) is 16.1 Å². The summed E-state index contributed by atoms with van der Waals surface area (Å²) in [6.45, 7) is 3.34. The highest BCUT2D eigenvalue weighted by atomic mass is 15.1. The number of hydrogen-bond acceptors (Lipinski definition) is 2. The molecule has 1 aliphatic heterocycles. The highest BCUT2D eigenvalue weighted by molar-refractivity contribution is 5.30. The Labute approximate surface area is 150 Å². The van der Waals surface area contributed by atoms with Crippen molar-refractivity contribution in [3.8, 4) is 0 Å². The number of pyridine rings is 1. The molecule has 25 heavy (non-hydrogen) atoms. The van der Waals surface area contributed by atoms with Crippen LogP contribution in [0.1, 0.15) is 29.2 Å². The molecule has 0 amide bonds. The van der Waals surface area contributed by atoms with Crippen molar-refractivity contribution in [2.24, 2.45) is 5.92 Å². The van der Waals surface area contributed by atoms with Gasteiger partial charge in [0, 0.05) is 30.9 Å². The molecule has 2 nitrogen and oxygen atoms in total. The van der Waals surface area contributed by atoms with Crippen LogP contribution in [-0.2, 0) is 6.54 Å². The number of aromatic nitrogens is 1. The van der Waals surface area contributed by atoms with Crippen LogP contribution in [0.3, 0.4) is 0 Å². The van der Waals surface area contributed by atoms with Gasteiger partial charge in [-0.05, 0) is 42.1 Å². The molecule has 1 aromatic heterocycles. The number of nitrogens with zero attached hydrogens (tertiary/aromatic N) is 2. The molecule has 0 spiro atoms. The summed E-state index contributed by atoms with van der Waals surface area (Å²) in [6, 6.07) is 27.9. The Morgan fingerprint density at radius 1 is 0.880 bits per heavy atom. The van der Waals surface area contributed by atoms with Crippen molar-refractivity contribution < 1.29 is 0 Å². The van der Waals surface area contributed by atoms with Crippen LogP contribution >= 0.6 is 0 Å². The van der Waals surface area contributed by atoms with Crippen LogP contribution in [-0.4, -0.2) is 23.0 Å². The Hall–Kier alpha value is -2.45. The van der Waals surface area contributed by atoms with Gasteiger partial charge in [0.15, 0.2) is 0 Å². The lowest BCUT2D eigenvalue weighted by molar-refractivity contribution is 0.310. The van der Waals surface area contributed by atoms with Crippen molar-refractivity contribution in [2.75, 3.05) is 13.1 Å². The standard InChI is InChI=1S/C23H24N2/c1-3-9-19(10-4-1)17-25-16-14-21(18-25)23(20-11-5-2-6-12-20)22-13-7-8-15-24-22/h1-13,15,21,23H,14,16-18H2/t21-,23+/m1/s1. The predicted molar refractivity (Wildman–Crippen MR) is 102 cm³/mol. The third kappa shape index (κ3) is 3.80. The second-order valence-electron chi connectivity index (χ2n) is 6.91. The molecule has 0 saturated carbocycles. The fourth-order valence-electron chi connectivity index (χ4n) is 4.02. The monoisotopic (exact) mass is 328 g/mol. The molecule has 3 aromatic rings. The first kappa shape index (κ1) is 16.0. The lowest BCUT2D eigenvalue weighted by Gasteiger charge is -2.24. The summed E-state index contributed by atoms with van der Waals surface area (Å²) >= 11 is 0. The summed E-state index contributed by atoms with van der Waals surface area (Å²) in [5.41, 5.74) is 3.98. The van der Waals surface area contributed by atoms with Crippen molar-refractivity contribution in [1.82, 2.24) is 9.88 Å². The van der Waals surface area contributed by atoms with E-state index in [0.717, 1.165) is 19.6 Å². The van der Waals surface area contributed by atoms with E-state index in [2.05, 4.69) is 77.7 Å². The fourth-order valence-corrected chi connectivity index (χ4v) is 4.02. The van der Waals surface area contributed by atoms with Crippen molar-refractivity contribution in [3.63, 3.8) is 0 Å². The lowest BCUT2D eigenvalue weighted by atomic mass is 9.82. The lowest BCUT2D eigenvalue weighted by Crippen LogP contribution is -2.23. The fraction of sp³-hybridized carbons (Fsp3) is 0.261. The van der Waals surface area contributed by atoms with Gasteiger partial charge >= 0.3 is 0 Å². The zero-order valence-electron chi connectivity index (χ0n) is 14.5. The van der Waals surface area contributed by atoms with Gasteiger partial charge in [-0.25, -0.2) is 0 Å². The summed E-state index contributed by atoms with van der Waals surface area (Å²) in [7, 11) is 0. The van der Waals surface area contributed by atoms with Gasteiger partial charge in [0.05, 0.1) is 0 Å². The summed E-state index contributed by atoms with van der Waals surface area (Å²) in [5.74, 6) is 0.990. The average Bonchev–Trinajstić information content (AvgIpc) is 3.12. The smallest absolute Gasteiger partial charge is 0.0481 e. The zero-order valence-corrected chi connectivity index (χ0v) is 14.5. The van der Waals surface area contributed by atoms with E-state index in [0.29, 0.717) is 11.8 Å². The van der Waals surface area contributed by atoms with E-state index in [1.807, 2.05) is 12.3 Å². The largest absolute Gasteiger partial charge is 0.299 e. The number of rotatable bonds is 5. The third-order valence-corrected chi connectivity index (χ3v) is 5.19. The predicted octanol–water partition coefficient (Wildman–Crippen LogP) is 4.74. The molecule has 126 valence electrons. The van der Waals surface area contributed by atoms with E-state index < -0.39 is 0 Å². The highest BCUT2D eigenvalue weighted by Crippen LogP contribution is 2.36. The summed E-state index contributed by atoms with van der Waals surface area (Å²) < 4.78 is 0. The first-order chi connectivity index (χ1) is 12.4. The van der Waals surface area contributed by atoms with Crippen LogP contribution in [0.4, 0.5) is 0 Å². The Kier molecular flexibility index (Phi) is 4.89. The van der Waals surface area contributed by atoms with Gasteiger partial charge in [0.1, 0.15) is 0 Å². The molecule has 0 unspecified atom stereocenters. The maximum absolute atomic E-state index is 4.69. The third-order valence-electron chi connectivity index (χ3n) is 5.19. The first-order valence-corrected chi connectivity index (χ1v) is 9.12. The maximum atomic E-state index is 4.69. The van der Waals surface area contributed by atoms with E-state index in [1.165, 1.54) is 23.2 Å². The summed E-state index contributed by atoms with van der Waals surface area (Å²) in [4.78, 5) is 7.27. The van der Waals surface area contributed by atoms with Gasteiger partial charge in [-0.1, -0.05) is 66.7 Å². The second-order valence-corrected chi connectivity index (χ2v) is 6.91. The van der Waals surface area contributed by atoms with E-state index >= 15 is 0 Å². The van der Waals surface area contributed by atoms with Gasteiger partial charge < -0.3 is 0 Å². The normalized spacial score (nSPS) is 19.0. The number of likely N-dealkylation sites (tertiary alicyclic amines) is 1. The SMILES string of the molecule is c1ccc(CN2CC[C@@H]([C@H](c3ccccc3)c3ccccn3)C2)cc1. The molecule has 0 aliphatic carbocycles. The molecule has 0 bridgehead atoms. The van der Waals surface area contributed by atoms with Crippen LogP contribution in [0.15, 0.2) is 85.1 Å². The van der Waals surface area contributed by atoms with Crippen LogP contribution in [0, 0.1) is 5.92 Å². The highest BCUT2D eigenvalue weighted by Gasteiger charge is 2.32. The summed E-state index contributed by atoms with van der Waals surface area (Å²) in [6.07, 6.45) is 3.14. The van der Waals surface area contributed by atoms with Crippen molar-refractivity contribution >= 4 is 0 Å². The van der Waals surface area contributed by atoms with E-state index in [4.69, 9.17) is 4.98 Å². The number of benzene rings is 2. The molecule has 4 rings (SSSR count).